The topological polar surface area (TPSA) is 9.23 Å². The van der Waals surface area contributed by atoms with Crippen LogP contribution >= 0.6 is 0 Å². The number of fused-ring (bicyclic) bond motifs is 1. The molecule has 1 aromatic rings. The van der Waals surface area contributed by atoms with E-state index in [4.69, 9.17) is 4.74 Å². The molecule has 0 fully saturated rings. The normalized spacial score (nSPS) is 19.6. The third kappa shape index (κ3) is 1.24. The first kappa shape index (κ1) is 8.36. The molecule has 1 aliphatic carbocycles. The molecule has 1 aliphatic rings. The Hall–Kier alpha value is -1.24. The summed E-state index contributed by atoms with van der Waals surface area (Å²) in [5.74, 6) is 1.51. The van der Waals surface area contributed by atoms with E-state index in [9.17, 15) is 0 Å². The summed E-state index contributed by atoms with van der Waals surface area (Å²) in [5, 5.41) is 0. The van der Waals surface area contributed by atoms with Crippen LogP contribution in [0.1, 0.15) is 30.9 Å². The van der Waals surface area contributed by atoms with E-state index < -0.39 is 0 Å². The molecular weight excluding hydrogens is 160 g/mol. The van der Waals surface area contributed by atoms with Crippen molar-refractivity contribution in [2.75, 3.05) is 7.11 Å². The van der Waals surface area contributed by atoms with Crippen LogP contribution in [0.5, 0.6) is 5.75 Å². The summed E-state index contributed by atoms with van der Waals surface area (Å²) in [6.45, 7) is 4.42. The van der Waals surface area contributed by atoms with E-state index in [-0.39, 0.29) is 0 Å². The van der Waals surface area contributed by atoms with E-state index in [1.54, 1.807) is 7.11 Å². The maximum Gasteiger partial charge on any atom is 0.119 e. The van der Waals surface area contributed by atoms with Crippen molar-refractivity contribution in [3.63, 3.8) is 0 Å². The molecule has 68 valence electrons. The third-order valence-corrected chi connectivity index (χ3v) is 2.83. The molecule has 2 rings (SSSR count). The van der Waals surface area contributed by atoms with Gasteiger partial charge in [-0.15, -0.1) is 0 Å². The third-order valence-electron chi connectivity index (χ3n) is 2.83. The fourth-order valence-corrected chi connectivity index (χ4v) is 1.81. The van der Waals surface area contributed by atoms with E-state index in [2.05, 4.69) is 32.1 Å². The molecule has 0 saturated carbocycles. The minimum absolute atomic E-state index is 0.570. The molecule has 0 amide bonds. The SMILES string of the molecule is COc1ccc2c(c1)C=C(C)C2C. The first-order chi connectivity index (χ1) is 6.22. The van der Waals surface area contributed by atoms with Gasteiger partial charge < -0.3 is 4.74 Å². The molecule has 0 heterocycles. The average Bonchev–Trinajstić information content (AvgIpc) is 2.42. The molecule has 0 aromatic heterocycles. The molecule has 0 spiro atoms. The van der Waals surface area contributed by atoms with Crippen LogP contribution in [0.25, 0.3) is 6.08 Å². The van der Waals surface area contributed by atoms with E-state index in [0.29, 0.717) is 5.92 Å². The number of hydrogen-bond donors (Lipinski definition) is 0. The molecular formula is C12H14O. The molecule has 1 atom stereocenters. The van der Waals surface area contributed by atoms with Crippen molar-refractivity contribution in [3.8, 4) is 5.75 Å². The standard InChI is InChI=1S/C12H14O/c1-8-6-10-7-11(13-3)4-5-12(10)9(8)2/h4-7,9H,1-3H3. The van der Waals surface area contributed by atoms with Gasteiger partial charge in [-0.25, -0.2) is 0 Å². The van der Waals surface area contributed by atoms with E-state index >= 15 is 0 Å². The van der Waals surface area contributed by atoms with E-state index in [0.717, 1.165) is 5.75 Å². The Kier molecular flexibility index (Phi) is 1.87. The van der Waals surface area contributed by atoms with Crippen molar-refractivity contribution in [1.82, 2.24) is 0 Å². The first-order valence-corrected chi connectivity index (χ1v) is 4.58. The summed E-state index contributed by atoms with van der Waals surface area (Å²) in [5.41, 5.74) is 4.16. The minimum Gasteiger partial charge on any atom is -0.497 e. The van der Waals surface area contributed by atoms with Gasteiger partial charge in [0.25, 0.3) is 0 Å². The van der Waals surface area contributed by atoms with Gasteiger partial charge in [-0.05, 0) is 30.2 Å². The predicted octanol–water partition coefficient (Wildman–Crippen LogP) is 3.22. The molecule has 0 N–H and O–H groups in total. The molecule has 1 nitrogen and oxygen atoms in total. The van der Waals surface area contributed by atoms with Crippen LogP contribution in [0.2, 0.25) is 0 Å². The molecule has 0 aliphatic heterocycles. The van der Waals surface area contributed by atoms with Crippen molar-refractivity contribution < 1.29 is 4.74 Å². The van der Waals surface area contributed by atoms with Crippen molar-refractivity contribution in [2.45, 2.75) is 19.8 Å². The van der Waals surface area contributed by atoms with E-state index in [1.165, 1.54) is 16.7 Å². The van der Waals surface area contributed by atoms with Crippen LogP contribution in [0.4, 0.5) is 0 Å². The average molecular weight is 174 g/mol. The van der Waals surface area contributed by atoms with Gasteiger partial charge in [0, 0.05) is 5.92 Å². The number of methoxy groups -OCH3 is 1. The molecule has 1 unspecified atom stereocenters. The summed E-state index contributed by atoms with van der Waals surface area (Å²) in [6.07, 6.45) is 2.24. The molecule has 1 aromatic carbocycles. The predicted molar refractivity (Wildman–Crippen MR) is 55.1 cm³/mol. The number of allylic oxidation sites excluding steroid dienone is 1. The lowest BCUT2D eigenvalue weighted by molar-refractivity contribution is 0.414. The molecule has 0 radical (unpaired) electrons. The Labute approximate surface area is 79.0 Å². The summed E-state index contributed by atoms with van der Waals surface area (Å²) >= 11 is 0. The fourth-order valence-electron chi connectivity index (χ4n) is 1.81. The van der Waals surface area contributed by atoms with Crippen LogP contribution in [0.3, 0.4) is 0 Å². The summed E-state index contributed by atoms with van der Waals surface area (Å²) in [7, 11) is 1.71. The smallest absolute Gasteiger partial charge is 0.119 e. The highest BCUT2D eigenvalue weighted by molar-refractivity contribution is 5.67. The van der Waals surface area contributed by atoms with Gasteiger partial charge in [-0.1, -0.05) is 24.6 Å². The first-order valence-electron chi connectivity index (χ1n) is 4.58. The van der Waals surface area contributed by atoms with Crippen LogP contribution in [-0.2, 0) is 0 Å². The zero-order chi connectivity index (χ0) is 9.42. The molecule has 0 saturated heterocycles. The Balaban J connectivity index is 2.49. The van der Waals surface area contributed by atoms with Gasteiger partial charge in [0.05, 0.1) is 7.11 Å². The van der Waals surface area contributed by atoms with Crippen molar-refractivity contribution in [3.05, 3.63) is 34.9 Å². The zero-order valence-corrected chi connectivity index (χ0v) is 8.29. The zero-order valence-electron chi connectivity index (χ0n) is 8.29. The fraction of sp³-hybridized carbons (Fsp3) is 0.333. The summed E-state index contributed by atoms with van der Waals surface area (Å²) < 4.78 is 5.18. The summed E-state index contributed by atoms with van der Waals surface area (Å²) in [6, 6.07) is 6.29. The lowest BCUT2D eigenvalue weighted by Crippen LogP contribution is -1.91. The number of ether oxygens (including phenoxy) is 1. The highest BCUT2D eigenvalue weighted by Crippen LogP contribution is 2.36. The highest BCUT2D eigenvalue weighted by Gasteiger charge is 2.17. The number of hydrogen-bond acceptors (Lipinski definition) is 1. The van der Waals surface area contributed by atoms with Crippen LogP contribution in [-0.4, -0.2) is 7.11 Å². The van der Waals surface area contributed by atoms with Gasteiger partial charge in [0.1, 0.15) is 5.75 Å². The maximum absolute atomic E-state index is 5.18. The molecule has 13 heavy (non-hydrogen) atoms. The van der Waals surface area contributed by atoms with Crippen LogP contribution < -0.4 is 4.74 Å². The Morgan fingerprint density at radius 1 is 1.31 bits per heavy atom. The summed E-state index contributed by atoms with van der Waals surface area (Å²) in [4.78, 5) is 0. The number of benzene rings is 1. The van der Waals surface area contributed by atoms with Crippen LogP contribution in [0, 0.1) is 0 Å². The number of rotatable bonds is 1. The largest absolute Gasteiger partial charge is 0.497 e. The van der Waals surface area contributed by atoms with Gasteiger partial charge in [-0.2, -0.15) is 0 Å². The lowest BCUT2D eigenvalue weighted by atomic mass is 9.99. The van der Waals surface area contributed by atoms with Crippen molar-refractivity contribution in [2.24, 2.45) is 0 Å². The van der Waals surface area contributed by atoms with Gasteiger partial charge in [0.15, 0.2) is 0 Å². The second kappa shape index (κ2) is 2.91. The van der Waals surface area contributed by atoms with Gasteiger partial charge >= 0.3 is 0 Å². The quantitative estimate of drug-likeness (QED) is 0.635. The Morgan fingerprint density at radius 2 is 2.08 bits per heavy atom. The minimum atomic E-state index is 0.570. The second-order valence-electron chi connectivity index (χ2n) is 3.60. The highest BCUT2D eigenvalue weighted by atomic mass is 16.5. The van der Waals surface area contributed by atoms with Crippen molar-refractivity contribution in [1.29, 1.82) is 0 Å². The van der Waals surface area contributed by atoms with E-state index in [1.807, 2.05) is 6.07 Å². The molecule has 0 bridgehead atoms. The maximum atomic E-state index is 5.18. The van der Waals surface area contributed by atoms with Crippen LogP contribution in [0.15, 0.2) is 23.8 Å². The van der Waals surface area contributed by atoms with Gasteiger partial charge in [0.2, 0.25) is 0 Å². The van der Waals surface area contributed by atoms with Crippen molar-refractivity contribution >= 4 is 6.08 Å². The Bertz CT molecular complexity index is 363. The lowest BCUT2D eigenvalue weighted by Gasteiger charge is -2.08. The Morgan fingerprint density at radius 3 is 2.77 bits per heavy atom. The monoisotopic (exact) mass is 174 g/mol. The van der Waals surface area contributed by atoms with Gasteiger partial charge in [-0.3, -0.25) is 0 Å². The second-order valence-corrected chi connectivity index (χ2v) is 3.60. The molecule has 1 heteroatoms.